The van der Waals surface area contributed by atoms with Crippen molar-refractivity contribution >= 4 is 35.7 Å². The molecule has 13 nitrogen and oxygen atoms in total. The lowest BCUT2D eigenvalue weighted by atomic mass is 9.90. The van der Waals surface area contributed by atoms with Crippen molar-refractivity contribution in [3.63, 3.8) is 0 Å². The lowest BCUT2D eigenvalue weighted by molar-refractivity contribution is -0.144. The van der Waals surface area contributed by atoms with Crippen molar-refractivity contribution < 1.29 is 38.6 Å². The molecule has 0 heterocycles. The molecule has 51 heavy (non-hydrogen) atoms. The van der Waals surface area contributed by atoms with Gasteiger partial charge < -0.3 is 30.3 Å². The van der Waals surface area contributed by atoms with E-state index in [1.807, 2.05) is 62.4 Å². The van der Waals surface area contributed by atoms with E-state index in [2.05, 4.69) is 10.6 Å². The summed E-state index contributed by atoms with van der Waals surface area (Å²) in [5.74, 6) is -3.03. The minimum Gasteiger partial charge on any atom is -0.481 e. The zero-order chi connectivity index (χ0) is 38.2. The Morgan fingerprint density at radius 1 is 0.824 bits per heavy atom. The normalized spacial score (nSPS) is 14.0. The number of rotatable bonds is 16. The number of carboxylic acid groups (broad SMARTS) is 1. The van der Waals surface area contributed by atoms with Gasteiger partial charge in [0.2, 0.25) is 23.6 Å². The zero-order valence-electron chi connectivity index (χ0n) is 31.2. The number of carboxylic acids is 1. The van der Waals surface area contributed by atoms with Gasteiger partial charge >= 0.3 is 12.1 Å². The number of fused-ring (bicyclic) bond motifs is 3. The van der Waals surface area contributed by atoms with Crippen LogP contribution in [0.5, 0.6) is 0 Å². The predicted molar refractivity (Wildman–Crippen MR) is 193 cm³/mol. The molecular weight excluding hydrogens is 654 g/mol. The fourth-order valence-corrected chi connectivity index (χ4v) is 6.17. The van der Waals surface area contributed by atoms with Gasteiger partial charge in [-0.15, -0.1) is 0 Å². The van der Waals surface area contributed by atoms with Crippen molar-refractivity contribution in [2.24, 2.45) is 11.3 Å². The third-order valence-corrected chi connectivity index (χ3v) is 9.56. The number of ether oxygens (including phenoxy) is 1. The van der Waals surface area contributed by atoms with Crippen LogP contribution in [0.15, 0.2) is 48.5 Å². The molecule has 0 fully saturated rings. The standard InChI is InChI=1S/C38H53N5O8/c1-23(2)18-31(34(47)39-20-32(44)40-22-38(5,6)36(49)41(7)24(3)19-33(45)46)43(9)35(48)25(4)42(8)37(50)51-21-30-28-16-12-10-14-26(28)27-15-11-13-17-29(27)30/h10-17,23-25,30-31H,18-22H2,1-9H3,(H,39,47)(H,40,44)(H,45,46)/t24-,25+,31+/m1/s1. The molecule has 5 amide bonds. The van der Waals surface area contributed by atoms with Gasteiger partial charge in [-0.05, 0) is 62.3 Å². The first kappa shape index (κ1) is 40.5. The van der Waals surface area contributed by atoms with Crippen LogP contribution in [0, 0.1) is 11.3 Å². The second kappa shape index (κ2) is 17.3. The van der Waals surface area contributed by atoms with Crippen molar-refractivity contribution in [3.8, 4) is 11.1 Å². The first-order valence-corrected chi connectivity index (χ1v) is 17.2. The van der Waals surface area contributed by atoms with E-state index in [-0.39, 0.29) is 43.9 Å². The summed E-state index contributed by atoms with van der Waals surface area (Å²) in [6, 6.07) is 13.6. The largest absolute Gasteiger partial charge is 0.481 e. The summed E-state index contributed by atoms with van der Waals surface area (Å²) < 4.78 is 5.74. The highest BCUT2D eigenvalue weighted by molar-refractivity contribution is 5.93. The van der Waals surface area contributed by atoms with Crippen LogP contribution in [0.1, 0.15) is 71.4 Å². The number of likely N-dealkylation sites (N-methyl/N-ethyl adjacent to an activating group) is 2. The highest BCUT2D eigenvalue weighted by Crippen LogP contribution is 2.44. The number of aliphatic carboxylic acids is 1. The van der Waals surface area contributed by atoms with Crippen LogP contribution >= 0.6 is 0 Å². The Labute approximate surface area is 300 Å². The molecule has 1 aliphatic carbocycles. The molecule has 0 saturated heterocycles. The van der Waals surface area contributed by atoms with Gasteiger partial charge in [0.15, 0.2) is 0 Å². The predicted octanol–water partition coefficient (Wildman–Crippen LogP) is 3.71. The molecule has 2 aromatic rings. The summed E-state index contributed by atoms with van der Waals surface area (Å²) in [7, 11) is 4.49. The average molecular weight is 708 g/mol. The van der Waals surface area contributed by atoms with Gasteiger partial charge in [0.1, 0.15) is 18.7 Å². The maximum absolute atomic E-state index is 13.6. The maximum atomic E-state index is 13.6. The van der Waals surface area contributed by atoms with E-state index in [4.69, 9.17) is 9.84 Å². The fourth-order valence-electron chi connectivity index (χ4n) is 6.17. The van der Waals surface area contributed by atoms with Crippen molar-refractivity contribution in [3.05, 3.63) is 59.7 Å². The van der Waals surface area contributed by atoms with Crippen LogP contribution in [0.4, 0.5) is 4.79 Å². The van der Waals surface area contributed by atoms with Crippen LogP contribution in [0.25, 0.3) is 11.1 Å². The number of hydrogen-bond donors (Lipinski definition) is 3. The number of nitrogens with zero attached hydrogens (tertiary/aromatic N) is 3. The van der Waals surface area contributed by atoms with E-state index >= 15 is 0 Å². The average Bonchev–Trinajstić information content (AvgIpc) is 3.41. The van der Waals surface area contributed by atoms with Crippen LogP contribution in [-0.2, 0) is 28.7 Å². The number of nitrogens with one attached hydrogen (secondary N) is 2. The van der Waals surface area contributed by atoms with Gasteiger partial charge in [-0.2, -0.15) is 0 Å². The maximum Gasteiger partial charge on any atom is 0.410 e. The van der Waals surface area contributed by atoms with E-state index in [1.165, 1.54) is 35.8 Å². The highest BCUT2D eigenvalue weighted by Gasteiger charge is 2.36. The molecule has 0 saturated carbocycles. The lowest BCUT2D eigenvalue weighted by Gasteiger charge is -2.33. The van der Waals surface area contributed by atoms with Crippen molar-refractivity contribution in [2.45, 2.75) is 78.4 Å². The second-order valence-electron chi connectivity index (χ2n) is 14.4. The molecule has 2 aromatic carbocycles. The summed E-state index contributed by atoms with van der Waals surface area (Å²) >= 11 is 0. The second-order valence-corrected chi connectivity index (χ2v) is 14.4. The van der Waals surface area contributed by atoms with Gasteiger partial charge in [-0.3, -0.25) is 28.9 Å². The summed E-state index contributed by atoms with van der Waals surface area (Å²) in [6.45, 7) is 9.96. The number of hydrogen-bond acceptors (Lipinski definition) is 7. The summed E-state index contributed by atoms with van der Waals surface area (Å²) in [5, 5.41) is 14.3. The Morgan fingerprint density at radius 2 is 1.37 bits per heavy atom. The minimum atomic E-state index is -1.04. The molecule has 278 valence electrons. The van der Waals surface area contributed by atoms with E-state index in [1.54, 1.807) is 27.7 Å². The number of benzene rings is 2. The lowest BCUT2D eigenvalue weighted by Crippen LogP contribution is -2.55. The number of amides is 5. The summed E-state index contributed by atoms with van der Waals surface area (Å²) in [5.41, 5.74) is 3.31. The molecular formula is C38H53N5O8. The minimum absolute atomic E-state index is 0.0207. The van der Waals surface area contributed by atoms with Crippen molar-refractivity contribution in [1.29, 1.82) is 0 Å². The van der Waals surface area contributed by atoms with Crippen LogP contribution < -0.4 is 10.6 Å². The molecule has 0 aliphatic heterocycles. The first-order chi connectivity index (χ1) is 23.9. The van der Waals surface area contributed by atoms with Crippen molar-refractivity contribution in [2.75, 3.05) is 40.8 Å². The molecule has 0 unspecified atom stereocenters. The molecule has 0 bridgehead atoms. The molecule has 0 spiro atoms. The summed E-state index contributed by atoms with van der Waals surface area (Å²) in [6.07, 6.45) is -0.577. The SMILES string of the molecule is CC(C)C[C@@H](C(=O)NCC(=O)NCC(C)(C)C(=O)N(C)[C@H](C)CC(=O)O)N(C)C(=O)[C@H](C)N(C)C(=O)OCC1c2ccccc2-c2ccccc21. The molecule has 3 atom stereocenters. The van der Waals surface area contributed by atoms with Gasteiger partial charge in [0.05, 0.1) is 18.4 Å². The van der Waals surface area contributed by atoms with Gasteiger partial charge in [0.25, 0.3) is 0 Å². The molecule has 3 N–H and O–H groups in total. The molecule has 3 rings (SSSR count). The Balaban J connectivity index is 1.57. The first-order valence-electron chi connectivity index (χ1n) is 17.2. The van der Waals surface area contributed by atoms with Gasteiger partial charge in [0, 0.05) is 39.6 Å². The van der Waals surface area contributed by atoms with Gasteiger partial charge in [-0.1, -0.05) is 62.4 Å². The molecule has 1 aliphatic rings. The highest BCUT2D eigenvalue weighted by atomic mass is 16.6. The molecule has 13 heteroatoms. The Bertz CT molecular complexity index is 1560. The smallest absolute Gasteiger partial charge is 0.410 e. The monoisotopic (exact) mass is 707 g/mol. The van der Waals surface area contributed by atoms with E-state index in [0.29, 0.717) is 6.42 Å². The van der Waals surface area contributed by atoms with Crippen LogP contribution in [0.3, 0.4) is 0 Å². The van der Waals surface area contributed by atoms with Crippen molar-refractivity contribution in [1.82, 2.24) is 25.3 Å². The quantitative estimate of drug-likeness (QED) is 0.238. The van der Waals surface area contributed by atoms with E-state index in [0.717, 1.165) is 22.3 Å². The number of carbonyl (C=O) groups is 6. The zero-order valence-corrected chi connectivity index (χ0v) is 31.2. The topological polar surface area (TPSA) is 166 Å². The third kappa shape index (κ3) is 10.1. The van der Waals surface area contributed by atoms with Gasteiger partial charge in [-0.25, -0.2) is 4.79 Å². The molecule has 0 radical (unpaired) electrons. The third-order valence-electron chi connectivity index (χ3n) is 9.56. The Hall–Kier alpha value is -4.94. The number of carbonyl (C=O) groups excluding carboxylic acids is 5. The van der Waals surface area contributed by atoms with E-state index in [9.17, 15) is 28.8 Å². The van der Waals surface area contributed by atoms with E-state index < -0.39 is 53.3 Å². The van der Waals surface area contributed by atoms with Crippen LogP contribution in [-0.4, -0.2) is 114 Å². The fraction of sp³-hybridized carbons (Fsp3) is 0.526. The molecule has 0 aromatic heterocycles. The van der Waals surface area contributed by atoms with Crippen LogP contribution in [0.2, 0.25) is 0 Å². The summed E-state index contributed by atoms with van der Waals surface area (Å²) in [4.78, 5) is 80.8. The Kier molecular flexibility index (Phi) is 13.8. The Morgan fingerprint density at radius 3 is 1.90 bits per heavy atom.